The van der Waals surface area contributed by atoms with Crippen molar-refractivity contribution in [3.63, 3.8) is 0 Å². The number of amides is 2. The van der Waals surface area contributed by atoms with E-state index in [1.165, 1.54) is 4.90 Å². The number of ether oxygens (including phenoxy) is 1. The molecule has 1 saturated heterocycles. The number of carbonyl (C=O) groups is 3. The van der Waals surface area contributed by atoms with E-state index in [-0.39, 0.29) is 18.7 Å². The lowest BCUT2D eigenvalue weighted by Crippen LogP contribution is -2.44. The van der Waals surface area contributed by atoms with Gasteiger partial charge in [0.1, 0.15) is 17.7 Å². The summed E-state index contributed by atoms with van der Waals surface area (Å²) in [4.78, 5) is 36.4. The van der Waals surface area contributed by atoms with Crippen LogP contribution in [0.2, 0.25) is 0 Å². The molecular weight excluding hydrogens is 302 g/mol. The number of hydrogen-bond acceptors (Lipinski definition) is 5. The van der Waals surface area contributed by atoms with Gasteiger partial charge in [-0.3, -0.25) is 4.79 Å². The monoisotopic (exact) mass is 325 g/mol. The average molecular weight is 325 g/mol. The van der Waals surface area contributed by atoms with Crippen LogP contribution >= 0.6 is 0 Å². The number of nitrogens with one attached hydrogen (secondary N) is 1. The van der Waals surface area contributed by atoms with Crippen LogP contribution in [0.1, 0.15) is 46.5 Å². The molecule has 0 unspecified atom stereocenters. The van der Waals surface area contributed by atoms with Gasteiger partial charge < -0.3 is 20.1 Å². The lowest BCUT2D eigenvalue weighted by molar-refractivity contribution is -0.140. The van der Waals surface area contributed by atoms with Crippen LogP contribution in [0.5, 0.6) is 0 Å². The van der Waals surface area contributed by atoms with Gasteiger partial charge >= 0.3 is 12.1 Å². The molecule has 1 aliphatic rings. The summed E-state index contributed by atoms with van der Waals surface area (Å²) in [5.41, 5.74) is -0.738. The number of aliphatic carboxylic acids is 1. The van der Waals surface area contributed by atoms with Crippen LogP contribution in [-0.2, 0) is 14.3 Å². The van der Waals surface area contributed by atoms with Gasteiger partial charge in [-0.15, -0.1) is 0 Å². The molecule has 1 fully saturated rings. The Morgan fingerprint density at radius 3 is 2.61 bits per heavy atom. The topological polar surface area (TPSA) is 120 Å². The third-order valence-electron chi connectivity index (χ3n) is 3.36. The standard InChI is InChI=1S/C15H23N3O5/c1-15(2,3)23-14(22)17-11(13(20)21)6-7-12(19)18-8-4-5-10(18)9-16/h10-11H,4-8H2,1-3H3,(H,17,22)(H,20,21)/t10-,11+/m0/s1. The van der Waals surface area contributed by atoms with E-state index < -0.39 is 29.7 Å². The van der Waals surface area contributed by atoms with Crippen LogP contribution in [0.15, 0.2) is 0 Å². The fraction of sp³-hybridized carbons (Fsp3) is 0.733. The molecule has 0 saturated carbocycles. The van der Waals surface area contributed by atoms with Crippen molar-refractivity contribution in [2.24, 2.45) is 0 Å². The van der Waals surface area contributed by atoms with E-state index >= 15 is 0 Å². The zero-order valence-electron chi connectivity index (χ0n) is 13.7. The largest absolute Gasteiger partial charge is 0.480 e. The van der Waals surface area contributed by atoms with Crippen molar-refractivity contribution >= 4 is 18.0 Å². The Morgan fingerprint density at radius 1 is 1.43 bits per heavy atom. The molecule has 23 heavy (non-hydrogen) atoms. The molecular formula is C15H23N3O5. The molecule has 0 spiro atoms. The number of nitriles is 1. The summed E-state index contributed by atoms with van der Waals surface area (Å²) >= 11 is 0. The number of nitrogens with zero attached hydrogens (tertiary/aromatic N) is 2. The summed E-state index contributed by atoms with van der Waals surface area (Å²) in [6, 6.07) is 0.411. The number of alkyl carbamates (subject to hydrolysis) is 1. The van der Waals surface area contributed by atoms with E-state index in [4.69, 9.17) is 15.1 Å². The minimum atomic E-state index is -1.23. The number of hydrogen-bond donors (Lipinski definition) is 2. The van der Waals surface area contributed by atoms with Crippen LogP contribution in [0.3, 0.4) is 0 Å². The van der Waals surface area contributed by atoms with Gasteiger partial charge in [0, 0.05) is 13.0 Å². The fourth-order valence-corrected chi connectivity index (χ4v) is 2.32. The lowest BCUT2D eigenvalue weighted by Gasteiger charge is -2.23. The van der Waals surface area contributed by atoms with Crippen molar-refractivity contribution in [3.8, 4) is 6.07 Å². The molecule has 0 aromatic carbocycles. The van der Waals surface area contributed by atoms with Crippen LogP contribution < -0.4 is 5.32 Å². The molecule has 0 aromatic heterocycles. The predicted molar refractivity (Wildman–Crippen MR) is 80.4 cm³/mol. The van der Waals surface area contributed by atoms with Gasteiger partial charge in [-0.25, -0.2) is 9.59 Å². The quantitative estimate of drug-likeness (QED) is 0.785. The summed E-state index contributed by atoms with van der Waals surface area (Å²) in [5.74, 6) is -1.51. The van der Waals surface area contributed by atoms with E-state index in [2.05, 4.69) is 11.4 Å². The number of carboxylic acid groups (broad SMARTS) is 1. The van der Waals surface area contributed by atoms with Crippen LogP contribution in [0.4, 0.5) is 4.79 Å². The Bertz CT molecular complexity index is 506. The van der Waals surface area contributed by atoms with E-state index in [1.54, 1.807) is 20.8 Å². The molecule has 1 heterocycles. The summed E-state index contributed by atoms with van der Waals surface area (Å²) < 4.78 is 5.01. The Morgan fingerprint density at radius 2 is 2.09 bits per heavy atom. The highest BCUT2D eigenvalue weighted by atomic mass is 16.6. The molecule has 8 nitrogen and oxygen atoms in total. The maximum absolute atomic E-state index is 12.1. The summed E-state index contributed by atoms with van der Waals surface area (Å²) in [6.45, 7) is 5.51. The first-order chi connectivity index (χ1) is 10.6. The van der Waals surface area contributed by atoms with Gasteiger partial charge in [0.15, 0.2) is 0 Å². The minimum absolute atomic E-state index is 0.0507. The molecule has 1 aliphatic heterocycles. The van der Waals surface area contributed by atoms with Gasteiger partial charge in [-0.05, 0) is 40.0 Å². The maximum atomic E-state index is 12.1. The van der Waals surface area contributed by atoms with E-state index in [0.717, 1.165) is 6.42 Å². The van der Waals surface area contributed by atoms with Crippen molar-refractivity contribution in [3.05, 3.63) is 0 Å². The van der Waals surface area contributed by atoms with E-state index in [9.17, 15) is 14.4 Å². The van der Waals surface area contributed by atoms with Crippen molar-refractivity contribution in [1.82, 2.24) is 10.2 Å². The highest BCUT2D eigenvalue weighted by Crippen LogP contribution is 2.18. The maximum Gasteiger partial charge on any atom is 0.408 e. The van der Waals surface area contributed by atoms with Gasteiger partial charge in [0.25, 0.3) is 0 Å². The Balaban J connectivity index is 2.54. The molecule has 0 aliphatic carbocycles. The van der Waals surface area contributed by atoms with Crippen LogP contribution in [0.25, 0.3) is 0 Å². The number of carbonyl (C=O) groups excluding carboxylic acids is 2. The number of rotatable bonds is 5. The summed E-state index contributed by atoms with van der Waals surface area (Å²) in [5, 5.41) is 20.4. The molecule has 1 rings (SSSR count). The average Bonchev–Trinajstić information content (AvgIpc) is 2.89. The van der Waals surface area contributed by atoms with Crippen molar-refractivity contribution < 1.29 is 24.2 Å². The number of carboxylic acids is 1. The molecule has 2 N–H and O–H groups in total. The molecule has 128 valence electrons. The lowest BCUT2D eigenvalue weighted by atomic mass is 10.1. The van der Waals surface area contributed by atoms with Gasteiger partial charge in [0.2, 0.25) is 5.91 Å². The SMILES string of the molecule is CC(C)(C)OC(=O)N[C@H](CCC(=O)N1CCC[C@H]1C#N)C(=O)O. The third kappa shape index (κ3) is 6.14. The number of likely N-dealkylation sites (tertiary alicyclic amines) is 1. The van der Waals surface area contributed by atoms with Gasteiger partial charge in [0.05, 0.1) is 6.07 Å². The molecule has 2 atom stereocenters. The second-order valence-electron chi connectivity index (χ2n) is 6.45. The first-order valence-corrected chi connectivity index (χ1v) is 7.55. The molecule has 0 aromatic rings. The fourth-order valence-electron chi connectivity index (χ4n) is 2.32. The zero-order valence-corrected chi connectivity index (χ0v) is 13.7. The van der Waals surface area contributed by atoms with E-state index in [1.807, 2.05) is 0 Å². The third-order valence-corrected chi connectivity index (χ3v) is 3.36. The Labute approximate surface area is 135 Å². The molecule has 8 heteroatoms. The highest BCUT2D eigenvalue weighted by Gasteiger charge is 2.30. The first kappa shape index (κ1) is 18.7. The van der Waals surface area contributed by atoms with Crippen molar-refractivity contribution in [2.45, 2.75) is 64.1 Å². The van der Waals surface area contributed by atoms with Crippen molar-refractivity contribution in [1.29, 1.82) is 5.26 Å². The minimum Gasteiger partial charge on any atom is -0.480 e. The predicted octanol–water partition coefficient (Wildman–Crippen LogP) is 1.26. The zero-order chi connectivity index (χ0) is 17.6. The van der Waals surface area contributed by atoms with Crippen LogP contribution in [0, 0.1) is 11.3 Å². The molecule has 0 bridgehead atoms. The molecule has 2 amide bonds. The van der Waals surface area contributed by atoms with Crippen LogP contribution in [-0.4, -0.2) is 52.2 Å². The normalized spacial score (nSPS) is 18.9. The molecule has 0 radical (unpaired) electrons. The highest BCUT2D eigenvalue weighted by molar-refractivity contribution is 5.82. The van der Waals surface area contributed by atoms with Gasteiger partial charge in [-0.1, -0.05) is 0 Å². The first-order valence-electron chi connectivity index (χ1n) is 7.55. The second kappa shape index (κ2) is 7.81. The van der Waals surface area contributed by atoms with E-state index in [0.29, 0.717) is 13.0 Å². The smallest absolute Gasteiger partial charge is 0.408 e. The summed E-state index contributed by atoms with van der Waals surface area (Å²) in [6.07, 6.45) is 0.462. The Hall–Kier alpha value is -2.30. The Kier molecular flexibility index (Phi) is 6.37. The van der Waals surface area contributed by atoms with Gasteiger partial charge in [-0.2, -0.15) is 5.26 Å². The summed E-state index contributed by atoms with van der Waals surface area (Å²) in [7, 11) is 0. The van der Waals surface area contributed by atoms with Crippen molar-refractivity contribution in [2.75, 3.05) is 6.54 Å². The second-order valence-corrected chi connectivity index (χ2v) is 6.45.